The highest BCUT2D eigenvalue weighted by Crippen LogP contribution is 2.33. The van der Waals surface area contributed by atoms with Crippen molar-refractivity contribution < 1.29 is 0 Å². The maximum absolute atomic E-state index is 3.57. The van der Waals surface area contributed by atoms with Gasteiger partial charge in [-0.15, -0.1) is 0 Å². The first-order chi connectivity index (χ1) is 7.84. The topological polar surface area (TPSA) is 18.5 Å². The quantitative estimate of drug-likeness (QED) is 0.653. The van der Waals surface area contributed by atoms with Crippen molar-refractivity contribution in [3.8, 4) is 0 Å². The molecule has 0 amide bonds. The predicted molar refractivity (Wildman–Crippen MR) is 68.8 cm³/mol. The molecule has 94 valence electrons. The summed E-state index contributed by atoms with van der Waals surface area (Å²) in [7, 11) is 2.22. The van der Waals surface area contributed by atoms with Crippen LogP contribution in [0, 0.1) is 5.92 Å². The monoisotopic (exact) mass is 225 g/mol. The molecule has 0 atom stereocenters. The molecule has 2 rings (SSSR count). The van der Waals surface area contributed by atoms with Gasteiger partial charge in [0.1, 0.15) is 0 Å². The first-order valence-corrected chi connectivity index (χ1v) is 6.96. The van der Waals surface area contributed by atoms with Crippen LogP contribution in [-0.4, -0.2) is 62.7 Å². The lowest BCUT2D eigenvalue weighted by molar-refractivity contribution is 0.155. The second kappa shape index (κ2) is 6.58. The van der Waals surface area contributed by atoms with Gasteiger partial charge in [0, 0.05) is 39.3 Å². The molecule has 1 aliphatic carbocycles. The molecule has 1 heterocycles. The smallest absolute Gasteiger partial charge is 0.0110 e. The van der Waals surface area contributed by atoms with Gasteiger partial charge >= 0.3 is 0 Å². The summed E-state index contributed by atoms with van der Waals surface area (Å²) in [6.07, 6.45) is 5.84. The number of rotatable bonds is 7. The Labute approximate surface area is 100 Å². The molecule has 1 saturated carbocycles. The number of nitrogens with one attached hydrogen (secondary N) is 1. The fourth-order valence-electron chi connectivity index (χ4n) is 2.36. The van der Waals surface area contributed by atoms with Crippen LogP contribution in [0.1, 0.15) is 25.7 Å². The molecule has 3 heteroatoms. The van der Waals surface area contributed by atoms with Gasteiger partial charge in [-0.3, -0.25) is 4.90 Å². The predicted octanol–water partition coefficient (Wildman–Crippen LogP) is 1.01. The van der Waals surface area contributed by atoms with Crippen molar-refractivity contribution in [2.75, 3.05) is 52.9 Å². The SMILES string of the molecule is CN1CCN(CCNCCCC2CC2)CC1. The van der Waals surface area contributed by atoms with E-state index in [9.17, 15) is 0 Å². The number of hydrogen-bond acceptors (Lipinski definition) is 3. The molecule has 0 radical (unpaired) electrons. The Hall–Kier alpha value is -0.120. The fourth-order valence-corrected chi connectivity index (χ4v) is 2.36. The Morgan fingerprint density at radius 1 is 1.06 bits per heavy atom. The van der Waals surface area contributed by atoms with Gasteiger partial charge in [-0.2, -0.15) is 0 Å². The van der Waals surface area contributed by atoms with E-state index in [0.29, 0.717) is 0 Å². The molecule has 2 aliphatic rings. The molecule has 1 aliphatic heterocycles. The molecule has 0 bridgehead atoms. The highest BCUT2D eigenvalue weighted by molar-refractivity contribution is 4.73. The Bertz CT molecular complexity index is 184. The van der Waals surface area contributed by atoms with Gasteiger partial charge in [0.2, 0.25) is 0 Å². The minimum atomic E-state index is 1.10. The molecule has 2 fully saturated rings. The Kier molecular flexibility index (Phi) is 5.07. The van der Waals surface area contributed by atoms with E-state index in [1.54, 1.807) is 0 Å². The first kappa shape index (κ1) is 12.3. The van der Waals surface area contributed by atoms with Crippen molar-refractivity contribution in [3.05, 3.63) is 0 Å². The van der Waals surface area contributed by atoms with Crippen molar-refractivity contribution in [1.29, 1.82) is 0 Å². The van der Waals surface area contributed by atoms with Gasteiger partial charge in [-0.05, 0) is 32.4 Å². The van der Waals surface area contributed by atoms with Crippen molar-refractivity contribution in [2.24, 2.45) is 5.92 Å². The standard InChI is InChI=1S/C13H27N3/c1-15-9-11-16(12-10-15)8-7-14-6-2-3-13-4-5-13/h13-14H,2-12H2,1H3. The van der Waals surface area contributed by atoms with Crippen LogP contribution >= 0.6 is 0 Å². The van der Waals surface area contributed by atoms with Crippen LogP contribution in [0.15, 0.2) is 0 Å². The van der Waals surface area contributed by atoms with E-state index in [1.165, 1.54) is 71.5 Å². The Balaban J connectivity index is 1.39. The third kappa shape index (κ3) is 4.81. The molecule has 0 aromatic carbocycles. The van der Waals surface area contributed by atoms with Crippen molar-refractivity contribution in [1.82, 2.24) is 15.1 Å². The van der Waals surface area contributed by atoms with E-state index in [0.717, 1.165) is 5.92 Å². The van der Waals surface area contributed by atoms with E-state index in [4.69, 9.17) is 0 Å². The minimum absolute atomic E-state index is 1.10. The van der Waals surface area contributed by atoms with Gasteiger partial charge in [0.05, 0.1) is 0 Å². The minimum Gasteiger partial charge on any atom is -0.315 e. The van der Waals surface area contributed by atoms with E-state index >= 15 is 0 Å². The zero-order valence-corrected chi connectivity index (χ0v) is 10.7. The summed E-state index contributed by atoms with van der Waals surface area (Å²) in [4.78, 5) is 4.99. The highest BCUT2D eigenvalue weighted by Gasteiger charge is 2.19. The van der Waals surface area contributed by atoms with Gasteiger partial charge in [-0.25, -0.2) is 0 Å². The second-order valence-electron chi connectivity index (χ2n) is 5.48. The molecule has 0 unspecified atom stereocenters. The second-order valence-corrected chi connectivity index (χ2v) is 5.48. The fraction of sp³-hybridized carbons (Fsp3) is 1.00. The van der Waals surface area contributed by atoms with Gasteiger partial charge in [-0.1, -0.05) is 12.8 Å². The van der Waals surface area contributed by atoms with Crippen molar-refractivity contribution in [3.63, 3.8) is 0 Å². The van der Waals surface area contributed by atoms with Crippen LogP contribution in [-0.2, 0) is 0 Å². The zero-order valence-electron chi connectivity index (χ0n) is 10.7. The molecular weight excluding hydrogens is 198 g/mol. The summed E-state index contributed by atoms with van der Waals surface area (Å²) in [6.45, 7) is 8.61. The first-order valence-electron chi connectivity index (χ1n) is 6.96. The lowest BCUT2D eigenvalue weighted by atomic mass is 10.2. The summed E-state index contributed by atoms with van der Waals surface area (Å²) in [6, 6.07) is 0. The third-order valence-electron chi connectivity index (χ3n) is 3.86. The summed E-state index contributed by atoms with van der Waals surface area (Å²) in [5, 5.41) is 3.57. The molecular formula is C13H27N3. The van der Waals surface area contributed by atoms with E-state index in [1.807, 2.05) is 0 Å². The molecule has 1 N–H and O–H groups in total. The van der Waals surface area contributed by atoms with Crippen LogP contribution in [0.2, 0.25) is 0 Å². The lowest BCUT2D eigenvalue weighted by Gasteiger charge is -2.32. The molecule has 0 aromatic heterocycles. The molecule has 0 aromatic rings. The highest BCUT2D eigenvalue weighted by atomic mass is 15.2. The van der Waals surface area contributed by atoms with Crippen LogP contribution < -0.4 is 5.32 Å². The van der Waals surface area contributed by atoms with Gasteiger partial charge in [0.25, 0.3) is 0 Å². The maximum Gasteiger partial charge on any atom is 0.0110 e. The van der Waals surface area contributed by atoms with Gasteiger partial charge in [0.15, 0.2) is 0 Å². The Morgan fingerprint density at radius 3 is 2.50 bits per heavy atom. The normalized spacial score (nSPS) is 23.8. The summed E-state index contributed by atoms with van der Waals surface area (Å²) in [5.41, 5.74) is 0. The van der Waals surface area contributed by atoms with Crippen molar-refractivity contribution >= 4 is 0 Å². The average molecular weight is 225 g/mol. The van der Waals surface area contributed by atoms with Crippen molar-refractivity contribution in [2.45, 2.75) is 25.7 Å². The lowest BCUT2D eigenvalue weighted by Crippen LogP contribution is -2.46. The average Bonchev–Trinajstić information content (AvgIpc) is 3.10. The maximum atomic E-state index is 3.57. The molecule has 16 heavy (non-hydrogen) atoms. The Morgan fingerprint density at radius 2 is 1.81 bits per heavy atom. The summed E-state index contributed by atoms with van der Waals surface area (Å²) >= 11 is 0. The van der Waals surface area contributed by atoms with E-state index < -0.39 is 0 Å². The molecule has 1 saturated heterocycles. The molecule has 0 spiro atoms. The largest absolute Gasteiger partial charge is 0.315 e. The third-order valence-corrected chi connectivity index (χ3v) is 3.86. The van der Waals surface area contributed by atoms with Gasteiger partial charge < -0.3 is 10.2 Å². The number of nitrogens with zero attached hydrogens (tertiary/aromatic N) is 2. The zero-order chi connectivity index (χ0) is 11.2. The number of hydrogen-bond donors (Lipinski definition) is 1. The van der Waals surface area contributed by atoms with E-state index in [-0.39, 0.29) is 0 Å². The summed E-state index contributed by atoms with van der Waals surface area (Å²) < 4.78 is 0. The van der Waals surface area contributed by atoms with Crippen LogP contribution in [0.25, 0.3) is 0 Å². The van der Waals surface area contributed by atoms with Crippen LogP contribution in [0.5, 0.6) is 0 Å². The van der Waals surface area contributed by atoms with E-state index in [2.05, 4.69) is 22.2 Å². The number of likely N-dealkylation sites (N-methyl/N-ethyl adjacent to an activating group) is 1. The van der Waals surface area contributed by atoms with Crippen LogP contribution in [0.4, 0.5) is 0 Å². The number of piperazine rings is 1. The molecule has 3 nitrogen and oxygen atoms in total. The van der Waals surface area contributed by atoms with Crippen LogP contribution in [0.3, 0.4) is 0 Å². The summed E-state index contributed by atoms with van der Waals surface area (Å²) in [5.74, 6) is 1.10.